The van der Waals surface area contributed by atoms with Crippen LogP contribution in [0.15, 0.2) is 43.1 Å². The Morgan fingerprint density at radius 2 is 2.00 bits per heavy atom. The van der Waals surface area contributed by atoms with Crippen LogP contribution in [0.2, 0.25) is 0 Å². The third-order valence-corrected chi connectivity index (χ3v) is 3.38. The summed E-state index contributed by atoms with van der Waals surface area (Å²) in [5, 5.41) is 10.7. The fourth-order valence-electron chi connectivity index (χ4n) is 2.32. The van der Waals surface area contributed by atoms with Gasteiger partial charge in [-0.25, -0.2) is 19.5 Å². The van der Waals surface area contributed by atoms with Gasteiger partial charge in [-0.3, -0.25) is 5.10 Å². The Balaban J connectivity index is 1.83. The number of H-pyrrole nitrogens is 1. The van der Waals surface area contributed by atoms with Crippen LogP contribution in [-0.2, 0) is 6.18 Å². The number of nitrogens with one attached hydrogen (secondary N) is 1. The van der Waals surface area contributed by atoms with Crippen LogP contribution in [0.1, 0.15) is 5.82 Å². The van der Waals surface area contributed by atoms with E-state index in [9.17, 15) is 13.2 Å². The molecule has 0 atom stereocenters. The van der Waals surface area contributed by atoms with Crippen molar-refractivity contribution in [1.82, 2.24) is 34.8 Å². The first-order valence-electron chi connectivity index (χ1n) is 6.76. The standard InChI is InChI=1S/C14H8F3N7/c15-14(16,17)13-18-3-1-10(22-13)12-9(6-20-23-12)8-2-4-24-11(5-8)19-7-21-24/h1-7H,(H,20,23). The maximum atomic E-state index is 12.8. The molecule has 7 nitrogen and oxygen atoms in total. The Kier molecular flexibility index (Phi) is 3.05. The zero-order chi connectivity index (χ0) is 16.7. The Bertz CT molecular complexity index is 1020. The normalized spacial score (nSPS) is 12.0. The second-order valence-corrected chi connectivity index (χ2v) is 4.89. The van der Waals surface area contributed by atoms with Gasteiger partial charge in [-0.2, -0.15) is 23.4 Å². The Labute approximate surface area is 132 Å². The molecular formula is C14H8F3N7. The van der Waals surface area contributed by atoms with E-state index in [4.69, 9.17) is 0 Å². The van der Waals surface area contributed by atoms with Crippen molar-refractivity contribution < 1.29 is 13.2 Å². The highest BCUT2D eigenvalue weighted by molar-refractivity contribution is 5.79. The molecule has 0 aliphatic rings. The van der Waals surface area contributed by atoms with E-state index < -0.39 is 12.0 Å². The number of aromatic nitrogens is 7. The second kappa shape index (κ2) is 5.11. The molecule has 4 aromatic rings. The molecule has 24 heavy (non-hydrogen) atoms. The molecule has 0 saturated carbocycles. The van der Waals surface area contributed by atoms with E-state index in [1.54, 1.807) is 29.0 Å². The highest BCUT2D eigenvalue weighted by Crippen LogP contribution is 2.31. The van der Waals surface area contributed by atoms with Gasteiger partial charge in [-0.05, 0) is 23.8 Å². The van der Waals surface area contributed by atoms with Crippen molar-refractivity contribution >= 4 is 5.65 Å². The lowest BCUT2D eigenvalue weighted by atomic mass is 10.1. The summed E-state index contributed by atoms with van der Waals surface area (Å²) in [5.74, 6) is -1.21. The van der Waals surface area contributed by atoms with Gasteiger partial charge in [0.2, 0.25) is 5.82 Å². The lowest BCUT2D eigenvalue weighted by Crippen LogP contribution is -2.11. The number of alkyl halides is 3. The van der Waals surface area contributed by atoms with Gasteiger partial charge >= 0.3 is 6.18 Å². The van der Waals surface area contributed by atoms with Gasteiger partial charge in [0, 0.05) is 24.2 Å². The average molecular weight is 331 g/mol. The minimum Gasteiger partial charge on any atom is -0.284 e. The minimum atomic E-state index is -4.62. The first-order valence-corrected chi connectivity index (χ1v) is 6.76. The van der Waals surface area contributed by atoms with Crippen LogP contribution in [0.25, 0.3) is 28.2 Å². The molecule has 0 unspecified atom stereocenters. The molecule has 0 fully saturated rings. The highest BCUT2D eigenvalue weighted by atomic mass is 19.4. The lowest BCUT2D eigenvalue weighted by molar-refractivity contribution is -0.144. The third-order valence-electron chi connectivity index (χ3n) is 3.38. The Hall–Kier alpha value is -3.30. The quantitative estimate of drug-likeness (QED) is 0.610. The van der Waals surface area contributed by atoms with Crippen molar-refractivity contribution in [1.29, 1.82) is 0 Å². The maximum absolute atomic E-state index is 12.8. The molecule has 0 spiro atoms. The number of pyridine rings is 1. The van der Waals surface area contributed by atoms with Crippen molar-refractivity contribution in [3.8, 4) is 22.5 Å². The van der Waals surface area contributed by atoms with Crippen LogP contribution >= 0.6 is 0 Å². The maximum Gasteiger partial charge on any atom is 0.451 e. The van der Waals surface area contributed by atoms with Crippen LogP contribution in [0.4, 0.5) is 13.2 Å². The number of hydrogen-bond donors (Lipinski definition) is 1. The smallest absolute Gasteiger partial charge is 0.284 e. The fourth-order valence-corrected chi connectivity index (χ4v) is 2.32. The van der Waals surface area contributed by atoms with Gasteiger partial charge in [0.25, 0.3) is 0 Å². The van der Waals surface area contributed by atoms with Gasteiger partial charge in [0.1, 0.15) is 12.0 Å². The molecular weight excluding hydrogens is 323 g/mol. The van der Waals surface area contributed by atoms with Gasteiger partial charge in [-0.15, -0.1) is 0 Å². The molecule has 0 aromatic carbocycles. The number of fused-ring (bicyclic) bond motifs is 1. The summed E-state index contributed by atoms with van der Waals surface area (Å²) in [6.45, 7) is 0. The van der Waals surface area contributed by atoms with E-state index in [1.807, 2.05) is 0 Å². The summed E-state index contributed by atoms with van der Waals surface area (Å²) in [5.41, 5.74) is 2.32. The molecule has 4 rings (SSSR count). The predicted octanol–water partition coefficient (Wildman–Crippen LogP) is 2.60. The molecule has 0 bridgehead atoms. The SMILES string of the molecule is FC(F)(F)c1nccc(-c2n[nH]cc2-c2ccn3ncnc3c2)n1. The van der Waals surface area contributed by atoms with Crippen molar-refractivity contribution in [2.75, 3.05) is 0 Å². The van der Waals surface area contributed by atoms with Crippen LogP contribution in [-0.4, -0.2) is 34.8 Å². The van der Waals surface area contributed by atoms with Gasteiger partial charge < -0.3 is 0 Å². The highest BCUT2D eigenvalue weighted by Gasteiger charge is 2.35. The first kappa shape index (κ1) is 14.3. The van der Waals surface area contributed by atoms with Gasteiger partial charge in [0.15, 0.2) is 5.65 Å². The molecule has 10 heteroatoms. The molecule has 120 valence electrons. The van der Waals surface area contributed by atoms with Gasteiger partial charge in [0.05, 0.1) is 5.69 Å². The zero-order valence-electron chi connectivity index (χ0n) is 11.9. The molecule has 0 aliphatic carbocycles. The van der Waals surface area contributed by atoms with Crippen LogP contribution in [0, 0.1) is 0 Å². The summed E-state index contributed by atoms with van der Waals surface area (Å²) >= 11 is 0. The van der Waals surface area contributed by atoms with Crippen molar-refractivity contribution in [3.63, 3.8) is 0 Å². The molecule has 1 N–H and O–H groups in total. The van der Waals surface area contributed by atoms with E-state index in [2.05, 4.69) is 30.2 Å². The summed E-state index contributed by atoms with van der Waals surface area (Å²) in [4.78, 5) is 10.9. The molecule has 4 heterocycles. The summed E-state index contributed by atoms with van der Waals surface area (Å²) < 4.78 is 40.0. The second-order valence-electron chi connectivity index (χ2n) is 4.89. The zero-order valence-corrected chi connectivity index (χ0v) is 11.9. The monoisotopic (exact) mass is 331 g/mol. The van der Waals surface area contributed by atoms with E-state index >= 15 is 0 Å². The summed E-state index contributed by atoms with van der Waals surface area (Å²) in [6, 6.07) is 4.90. The summed E-state index contributed by atoms with van der Waals surface area (Å²) in [7, 11) is 0. The molecule has 0 amide bonds. The van der Waals surface area contributed by atoms with Crippen LogP contribution in [0.3, 0.4) is 0 Å². The number of hydrogen-bond acceptors (Lipinski definition) is 5. The number of aromatic amines is 1. The minimum absolute atomic E-state index is 0.0786. The largest absolute Gasteiger partial charge is 0.451 e. The molecule has 4 aromatic heterocycles. The van der Waals surface area contributed by atoms with E-state index in [1.165, 1.54) is 12.4 Å². The van der Waals surface area contributed by atoms with Crippen LogP contribution in [0.5, 0.6) is 0 Å². The summed E-state index contributed by atoms with van der Waals surface area (Å²) in [6.07, 6.45) is 1.15. The molecule has 0 saturated heterocycles. The van der Waals surface area contributed by atoms with Crippen molar-refractivity contribution in [3.05, 3.63) is 48.9 Å². The Morgan fingerprint density at radius 1 is 1.12 bits per heavy atom. The molecule has 0 radical (unpaired) electrons. The van der Waals surface area contributed by atoms with E-state index in [-0.39, 0.29) is 5.69 Å². The Morgan fingerprint density at radius 3 is 2.83 bits per heavy atom. The van der Waals surface area contributed by atoms with E-state index in [0.29, 0.717) is 16.9 Å². The van der Waals surface area contributed by atoms with Gasteiger partial charge in [-0.1, -0.05) is 0 Å². The van der Waals surface area contributed by atoms with E-state index in [0.717, 1.165) is 11.8 Å². The lowest BCUT2D eigenvalue weighted by Gasteiger charge is -2.07. The fraction of sp³-hybridized carbons (Fsp3) is 0.0714. The first-order chi connectivity index (χ1) is 11.5. The number of nitrogens with zero attached hydrogens (tertiary/aromatic N) is 6. The topological polar surface area (TPSA) is 84.7 Å². The number of rotatable bonds is 2. The molecule has 0 aliphatic heterocycles. The van der Waals surface area contributed by atoms with Crippen LogP contribution < -0.4 is 0 Å². The number of halogens is 3. The average Bonchev–Trinajstić information content (AvgIpc) is 3.22. The predicted molar refractivity (Wildman–Crippen MR) is 76.6 cm³/mol. The van der Waals surface area contributed by atoms with Crippen molar-refractivity contribution in [2.45, 2.75) is 6.18 Å². The third kappa shape index (κ3) is 2.37. The van der Waals surface area contributed by atoms with Crippen molar-refractivity contribution in [2.24, 2.45) is 0 Å².